The lowest BCUT2D eigenvalue weighted by molar-refractivity contribution is 0.0945. The number of carbonyl (C=O) groups excluding carboxylic acids is 1. The number of nitrogens with one attached hydrogen (secondary N) is 2. The maximum absolute atomic E-state index is 12.4. The number of rotatable bonds is 5. The number of benzene rings is 2. The van der Waals surface area contributed by atoms with E-state index < -0.39 is 0 Å². The van der Waals surface area contributed by atoms with Crippen molar-refractivity contribution in [3.63, 3.8) is 0 Å². The number of halogens is 1. The molecule has 0 saturated carbocycles. The summed E-state index contributed by atoms with van der Waals surface area (Å²) in [5, 5.41) is 6.54. The second-order valence-electron chi connectivity index (χ2n) is 5.52. The number of aryl methyl sites for hydroxylation is 1. The minimum Gasteiger partial charge on any atom is -0.347 e. The lowest BCUT2D eigenvalue weighted by Gasteiger charge is -2.09. The third-order valence-corrected chi connectivity index (χ3v) is 3.70. The van der Waals surface area contributed by atoms with Gasteiger partial charge in [0.05, 0.1) is 0 Å². The Labute approximate surface area is 151 Å². The summed E-state index contributed by atoms with van der Waals surface area (Å²) in [7, 11) is 0. The lowest BCUT2D eigenvalue weighted by atomic mass is 10.2. The molecule has 6 heteroatoms. The van der Waals surface area contributed by atoms with Gasteiger partial charge in [-0.25, -0.2) is 9.97 Å². The van der Waals surface area contributed by atoms with Crippen LogP contribution < -0.4 is 10.6 Å². The van der Waals surface area contributed by atoms with Crippen molar-refractivity contribution in [2.24, 2.45) is 0 Å². The maximum Gasteiger partial charge on any atom is 0.270 e. The summed E-state index contributed by atoms with van der Waals surface area (Å²) in [6, 6.07) is 18.6. The smallest absolute Gasteiger partial charge is 0.270 e. The fourth-order valence-corrected chi connectivity index (χ4v) is 2.50. The molecular formula is C19H17ClN4O. The number of aromatic nitrogens is 2. The summed E-state index contributed by atoms with van der Waals surface area (Å²) in [5.41, 5.74) is 2.80. The van der Waals surface area contributed by atoms with Crippen LogP contribution in [-0.2, 0) is 6.54 Å². The van der Waals surface area contributed by atoms with E-state index >= 15 is 0 Å². The van der Waals surface area contributed by atoms with Crippen LogP contribution in [0.2, 0.25) is 5.02 Å². The van der Waals surface area contributed by atoms with Crippen molar-refractivity contribution in [1.82, 2.24) is 15.3 Å². The Hall–Kier alpha value is -2.92. The number of carbonyl (C=O) groups is 1. The third kappa shape index (κ3) is 4.78. The Morgan fingerprint density at radius 3 is 2.60 bits per heavy atom. The van der Waals surface area contributed by atoms with E-state index in [1.54, 1.807) is 18.2 Å². The number of nitrogens with zero attached hydrogens (tertiary/aromatic N) is 2. The highest BCUT2D eigenvalue weighted by Gasteiger charge is 2.11. The Morgan fingerprint density at radius 1 is 1.04 bits per heavy atom. The van der Waals surface area contributed by atoms with Crippen molar-refractivity contribution >= 4 is 29.1 Å². The summed E-state index contributed by atoms with van der Waals surface area (Å²) in [6.45, 7) is 2.26. The Kier molecular flexibility index (Phi) is 5.26. The molecule has 1 amide bonds. The van der Waals surface area contributed by atoms with Crippen molar-refractivity contribution in [3.8, 4) is 0 Å². The molecule has 25 heavy (non-hydrogen) atoms. The van der Waals surface area contributed by atoms with Crippen LogP contribution in [0.25, 0.3) is 0 Å². The fraction of sp³-hybridized carbons (Fsp3) is 0.105. The number of anilines is 2. The quantitative estimate of drug-likeness (QED) is 0.725. The Balaban J connectivity index is 1.73. The first-order chi connectivity index (χ1) is 12.1. The van der Waals surface area contributed by atoms with Gasteiger partial charge in [-0.3, -0.25) is 4.79 Å². The molecule has 0 bridgehead atoms. The Morgan fingerprint density at radius 2 is 1.84 bits per heavy atom. The van der Waals surface area contributed by atoms with Crippen molar-refractivity contribution in [3.05, 3.63) is 82.6 Å². The van der Waals surface area contributed by atoms with E-state index in [1.807, 2.05) is 49.4 Å². The number of hydrogen-bond acceptors (Lipinski definition) is 4. The van der Waals surface area contributed by atoms with Crippen LogP contribution in [0.1, 0.15) is 21.7 Å². The van der Waals surface area contributed by atoms with Gasteiger partial charge in [0.15, 0.2) is 0 Å². The molecule has 1 aromatic heterocycles. The molecule has 0 fully saturated rings. The highest BCUT2D eigenvalue weighted by atomic mass is 35.5. The highest BCUT2D eigenvalue weighted by Crippen LogP contribution is 2.18. The summed E-state index contributed by atoms with van der Waals surface area (Å²) < 4.78 is 0. The van der Waals surface area contributed by atoms with E-state index in [-0.39, 0.29) is 5.91 Å². The maximum atomic E-state index is 12.4. The molecule has 126 valence electrons. The lowest BCUT2D eigenvalue weighted by Crippen LogP contribution is -2.24. The van der Waals surface area contributed by atoms with Crippen LogP contribution in [-0.4, -0.2) is 15.9 Å². The standard InChI is InChI=1S/C19H17ClN4O/c1-13-10-17(18(25)21-12-14-6-3-2-4-7-14)24-19(22-13)23-16-9-5-8-15(20)11-16/h2-11H,12H2,1H3,(H,21,25)(H,22,23,24). The van der Waals surface area contributed by atoms with Crippen molar-refractivity contribution in [2.45, 2.75) is 13.5 Å². The zero-order chi connectivity index (χ0) is 17.6. The minimum atomic E-state index is -0.247. The average molecular weight is 353 g/mol. The molecule has 0 unspecified atom stereocenters. The van der Waals surface area contributed by atoms with Crippen LogP contribution >= 0.6 is 11.6 Å². The molecule has 0 aliphatic carbocycles. The molecule has 0 spiro atoms. The van der Waals surface area contributed by atoms with Gasteiger partial charge in [-0.1, -0.05) is 48.0 Å². The van der Waals surface area contributed by atoms with Gasteiger partial charge in [0.25, 0.3) is 5.91 Å². The molecule has 0 atom stereocenters. The number of hydrogen-bond donors (Lipinski definition) is 2. The highest BCUT2D eigenvalue weighted by molar-refractivity contribution is 6.30. The van der Waals surface area contributed by atoms with Gasteiger partial charge in [0, 0.05) is 22.9 Å². The van der Waals surface area contributed by atoms with Gasteiger partial charge < -0.3 is 10.6 Å². The van der Waals surface area contributed by atoms with Gasteiger partial charge in [0.1, 0.15) is 5.69 Å². The topological polar surface area (TPSA) is 66.9 Å². The molecule has 5 nitrogen and oxygen atoms in total. The molecule has 0 aliphatic heterocycles. The second kappa shape index (κ2) is 7.77. The monoisotopic (exact) mass is 352 g/mol. The molecule has 3 rings (SSSR count). The van der Waals surface area contributed by atoms with E-state index in [4.69, 9.17) is 11.6 Å². The zero-order valence-corrected chi connectivity index (χ0v) is 14.4. The largest absolute Gasteiger partial charge is 0.347 e. The van der Waals surface area contributed by atoms with Gasteiger partial charge in [-0.05, 0) is 36.8 Å². The van der Waals surface area contributed by atoms with Gasteiger partial charge in [0.2, 0.25) is 5.95 Å². The van der Waals surface area contributed by atoms with Crippen LogP contribution in [0.4, 0.5) is 11.6 Å². The SMILES string of the molecule is Cc1cc(C(=O)NCc2ccccc2)nc(Nc2cccc(Cl)c2)n1. The van der Waals surface area contributed by atoms with Crippen molar-refractivity contribution in [1.29, 1.82) is 0 Å². The average Bonchev–Trinajstić information content (AvgIpc) is 2.60. The number of amides is 1. The van der Waals surface area contributed by atoms with Crippen LogP contribution in [0.3, 0.4) is 0 Å². The first-order valence-corrected chi connectivity index (χ1v) is 8.18. The molecule has 2 N–H and O–H groups in total. The molecule has 2 aromatic carbocycles. The summed E-state index contributed by atoms with van der Waals surface area (Å²) >= 11 is 5.98. The molecule has 1 heterocycles. The van der Waals surface area contributed by atoms with Gasteiger partial charge >= 0.3 is 0 Å². The molecule has 3 aromatic rings. The van der Waals surface area contributed by atoms with Crippen LogP contribution in [0.5, 0.6) is 0 Å². The predicted molar refractivity (Wildman–Crippen MR) is 99.1 cm³/mol. The van der Waals surface area contributed by atoms with Gasteiger partial charge in [-0.2, -0.15) is 0 Å². The fourth-order valence-electron chi connectivity index (χ4n) is 2.30. The molecule has 0 radical (unpaired) electrons. The second-order valence-corrected chi connectivity index (χ2v) is 5.96. The zero-order valence-electron chi connectivity index (χ0n) is 13.7. The molecule has 0 aliphatic rings. The molecule has 0 saturated heterocycles. The summed E-state index contributed by atoms with van der Waals surface area (Å²) in [6.07, 6.45) is 0. The van der Waals surface area contributed by atoms with Crippen LogP contribution in [0.15, 0.2) is 60.7 Å². The first-order valence-electron chi connectivity index (χ1n) is 7.80. The Bertz CT molecular complexity index is 884. The van der Waals surface area contributed by atoms with E-state index in [0.717, 1.165) is 11.3 Å². The van der Waals surface area contributed by atoms with E-state index in [2.05, 4.69) is 20.6 Å². The van der Waals surface area contributed by atoms with Crippen molar-refractivity contribution in [2.75, 3.05) is 5.32 Å². The first kappa shape index (κ1) is 16.9. The third-order valence-electron chi connectivity index (χ3n) is 3.46. The normalized spacial score (nSPS) is 10.3. The van der Waals surface area contributed by atoms with Crippen molar-refractivity contribution < 1.29 is 4.79 Å². The van der Waals surface area contributed by atoms with Crippen LogP contribution in [0, 0.1) is 6.92 Å². The van der Waals surface area contributed by atoms with E-state index in [9.17, 15) is 4.79 Å². The molecular weight excluding hydrogens is 336 g/mol. The minimum absolute atomic E-state index is 0.247. The predicted octanol–water partition coefficient (Wildman–Crippen LogP) is 4.11. The van der Waals surface area contributed by atoms with E-state index in [0.29, 0.717) is 28.9 Å². The van der Waals surface area contributed by atoms with E-state index in [1.165, 1.54) is 0 Å². The summed E-state index contributed by atoms with van der Waals surface area (Å²) in [5.74, 6) is 0.107. The summed E-state index contributed by atoms with van der Waals surface area (Å²) in [4.78, 5) is 21.0. The van der Waals surface area contributed by atoms with Gasteiger partial charge in [-0.15, -0.1) is 0 Å².